The number of rotatable bonds is 7. The van der Waals surface area contributed by atoms with Gasteiger partial charge in [0.2, 0.25) is 0 Å². The highest BCUT2D eigenvalue weighted by Gasteiger charge is 1.92. The van der Waals surface area contributed by atoms with Crippen molar-refractivity contribution in [2.24, 2.45) is 0 Å². The van der Waals surface area contributed by atoms with Gasteiger partial charge in [-0.2, -0.15) is 0 Å². The molecule has 2 nitrogen and oxygen atoms in total. The summed E-state index contributed by atoms with van der Waals surface area (Å²) in [6.07, 6.45) is 1.13. The van der Waals surface area contributed by atoms with Crippen molar-refractivity contribution < 1.29 is 4.74 Å². The molecule has 1 aromatic heterocycles. The molecule has 1 heterocycles. The molecule has 0 amide bonds. The molecule has 0 aliphatic carbocycles. The topological polar surface area (TPSA) is 21.3 Å². The zero-order valence-corrected chi connectivity index (χ0v) is 8.90. The van der Waals surface area contributed by atoms with Gasteiger partial charge in [0.05, 0.1) is 6.61 Å². The van der Waals surface area contributed by atoms with E-state index in [9.17, 15) is 0 Å². The fraction of sp³-hybridized carbons (Fsp3) is 0.600. The van der Waals surface area contributed by atoms with E-state index in [-0.39, 0.29) is 0 Å². The van der Waals surface area contributed by atoms with Gasteiger partial charge in [-0.1, -0.05) is 6.07 Å². The van der Waals surface area contributed by atoms with E-state index in [1.807, 2.05) is 18.3 Å². The summed E-state index contributed by atoms with van der Waals surface area (Å²) in [6.45, 7) is 5.66. The van der Waals surface area contributed by atoms with E-state index in [1.165, 1.54) is 4.88 Å². The monoisotopic (exact) mass is 199 g/mol. The number of hydrogen-bond donors (Lipinski definition) is 1. The van der Waals surface area contributed by atoms with E-state index < -0.39 is 0 Å². The third kappa shape index (κ3) is 5.03. The molecule has 0 saturated heterocycles. The average molecular weight is 199 g/mol. The van der Waals surface area contributed by atoms with Crippen molar-refractivity contribution in [1.29, 1.82) is 0 Å². The molecule has 1 rings (SSSR count). The molecule has 0 saturated carbocycles. The highest BCUT2D eigenvalue weighted by atomic mass is 32.1. The van der Waals surface area contributed by atoms with Gasteiger partial charge in [0.1, 0.15) is 0 Å². The standard InChI is InChI=1S/C10H17NOS/c1-2-12-8-7-11-6-5-10-4-3-9-13-10/h3-4,9,11H,2,5-8H2,1H3. The molecule has 74 valence electrons. The van der Waals surface area contributed by atoms with Gasteiger partial charge in [-0.3, -0.25) is 0 Å². The summed E-state index contributed by atoms with van der Waals surface area (Å²) in [5.74, 6) is 0. The van der Waals surface area contributed by atoms with Gasteiger partial charge in [-0.05, 0) is 24.8 Å². The van der Waals surface area contributed by atoms with Gasteiger partial charge < -0.3 is 10.1 Å². The largest absolute Gasteiger partial charge is 0.380 e. The third-order valence-corrected chi connectivity index (χ3v) is 2.69. The number of nitrogens with one attached hydrogen (secondary N) is 1. The quantitative estimate of drug-likeness (QED) is 0.677. The van der Waals surface area contributed by atoms with Gasteiger partial charge in [-0.25, -0.2) is 0 Å². The van der Waals surface area contributed by atoms with Crippen molar-refractivity contribution in [2.45, 2.75) is 13.3 Å². The predicted molar refractivity (Wildman–Crippen MR) is 57.4 cm³/mol. The second-order valence-electron chi connectivity index (χ2n) is 2.78. The Kier molecular flexibility index (Phi) is 5.81. The van der Waals surface area contributed by atoms with E-state index in [0.29, 0.717) is 0 Å². The van der Waals surface area contributed by atoms with Crippen LogP contribution in [0.1, 0.15) is 11.8 Å². The summed E-state index contributed by atoms with van der Waals surface area (Å²) in [5, 5.41) is 5.46. The molecule has 0 aromatic carbocycles. The van der Waals surface area contributed by atoms with Gasteiger partial charge in [0, 0.05) is 24.6 Å². The lowest BCUT2D eigenvalue weighted by Gasteiger charge is -2.03. The Morgan fingerprint density at radius 2 is 2.38 bits per heavy atom. The van der Waals surface area contributed by atoms with Crippen LogP contribution >= 0.6 is 11.3 Å². The van der Waals surface area contributed by atoms with Crippen molar-refractivity contribution >= 4 is 11.3 Å². The normalized spacial score (nSPS) is 10.5. The molecule has 1 N–H and O–H groups in total. The lowest BCUT2D eigenvalue weighted by atomic mass is 10.3. The van der Waals surface area contributed by atoms with E-state index in [0.717, 1.165) is 32.7 Å². The first kappa shape index (κ1) is 10.7. The van der Waals surface area contributed by atoms with Gasteiger partial charge in [0.25, 0.3) is 0 Å². The number of ether oxygens (including phenoxy) is 1. The van der Waals surface area contributed by atoms with Crippen LogP contribution in [-0.4, -0.2) is 26.3 Å². The smallest absolute Gasteiger partial charge is 0.0590 e. The molecule has 1 aromatic rings. The minimum atomic E-state index is 0.812. The number of thiophene rings is 1. The SMILES string of the molecule is CCOCCNCCc1cccs1. The Morgan fingerprint density at radius 3 is 3.08 bits per heavy atom. The highest BCUT2D eigenvalue weighted by molar-refractivity contribution is 7.09. The maximum atomic E-state index is 5.21. The average Bonchev–Trinajstić information content (AvgIpc) is 2.63. The van der Waals surface area contributed by atoms with Crippen LogP contribution in [0.15, 0.2) is 17.5 Å². The second kappa shape index (κ2) is 7.06. The Hall–Kier alpha value is -0.380. The molecule has 3 heteroatoms. The van der Waals surface area contributed by atoms with Gasteiger partial charge in [-0.15, -0.1) is 11.3 Å². The van der Waals surface area contributed by atoms with Gasteiger partial charge >= 0.3 is 0 Å². The zero-order valence-electron chi connectivity index (χ0n) is 8.08. The summed E-state index contributed by atoms with van der Waals surface area (Å²) >= 11 is 1.82. The first-order valence-electron chi connectivity index (χ1n) is 4.74. The molecule has 13 heavy (non-hydrogen) atoms. The molecule has 0 unspecified atom stereocenters. The lowest BCUT2D eigenvalue weighted by molar-refractivity contribution is 0.149. The molecule has 0 bridgehead atoms. The molecule has 0 aliphatic rings. The van der Waals surface area contributed by atoms with Crippen molar-refractivity contribution in [3.05, 3.63) is 22.4 Å². The van der Waals surface area contributed by atoms with Crippen LogP contribution in [0.25, 0.3) is 0 Å². The first-order chi connectivity index (χ1) is 6.43. The summed E-state index contributed by atoms with van der Waals surface area (Å²) in [7, 11) is 0. The Morgan fingerprint density at radius 1 is 1.46 bits per heavy atom. The van der Waals surface area contributed by atoms with Crippen LogP contribution in [0, 0.1) is 0 Å². The van der Waals surface area contributed by atoms with E-state index in [2.05, 4.69) is 22.8 Å². The Bertz CT molecular complexity index is 199. The van der Waals surface area contributed by atoms with Crippen molar-refractivity contribution in [3.63, 3.8) is 0 Å². The first-order valence-corrected chi connectivity index (χ1v) is 5.62. The van der Waals surface area contributed by atoms with Crippen molar-refractivity contribution in [3.8, 4) is 0 Å². The Labute approximate surface area is 83.9 Å². The number of hydrogen-bond acceptors (Lipinski definition) is 3. The van der Waals surface area contributed by atoms with E-state index in [1.54, 1.807) is 0 Å². The minimum absolute atomic E-state index is 0.812. The van der Waals surface area contributed by atoms with Crippen molar-refractivity contribution in [2.75, 3.05) is 26.3 Å². The molecular weight excluding hydrogens is 182 g/mol. The maximum absolute atomic E-state index is 5.21. The Balaban J connectivity index is 1.90. The predicted octanol–water partition coefficient (Wildman–Crippen LogP) is 1.92. The molecule has 0 spiro atoms. The van der Waals surface area contributed by atoms with Crippen LogP contribution in [0.3, 0.4) is 0 Å². The van der Waals surface area contributed by atoms with Gasteiger partial charge in [0.15, 0.2) is 0 Å². The van der Waals surface area contributed by atoms with Crippen molar-refractivity contribution in [1.82, 2.24) is 5.32 Å². The molecule has 0 radical (unpaired) electrons. The van der Waals surface area contributed by atoms with E-state index >= 15 is 0 Å². The van der Waals surface area contributed by atoms with E-state index in [4.69, 9.17) is 4.74 Å². The van der Waals surface area contributed by atoms with Crippen LogP contribution in [0.5, 0.6) is 0 Å². The minimum Gasteiger partial charge on any atom is -0.380 e. The lowest BCUT2D eigenvalue weighted by Crippen LogP contribution is -2.21. The highest BCUT2D eigenvalue weighted by Crippen LogP contribution is 2.07. The molecular formula is C10H17NOS. The van der Waals surface area contributed by atoms with Crippen LogP contribution in [-0.2, 0) is 11.2 Å². The summed E-state index contributed by atoms with van der Waals surface area (Å²) in [6, 6.07) is 4.27. The fourth-order valence-electron chi connectivity index (χ4n) is 1.08. The summed E-state index contributed by atoms with van der Waals surface area (Å²) in [4.78, 5) is 1.45. The summed E-state index contributed by atoms with van der Waals surface area (Å²) in [5.41, 5.74) is 0. The molecule has 0 fully saturated rings. The van der Waals surface area contributed by atoms with Crippen LogP contribution < -0.4 is 5.32 Å². The maximum Gasteiger partial charge on any atom is 0.0590 e. The second-order valence-corrected chi connectivity index (χ2v) is 3.81. The molecule has 0 aliphatic heterocycles. The zero-order chi connectivity index (χ0) is 9.36. The van der Waals surface area contributed by atoms with Crippen LogP contribution in [0.2, 0.25) is 0 Å². The summed E-state index contributed by atoms with van der Waals surface area (Å²) < 4.78 is 5.21. The third-order valence-electron chi connectivity index (χ3n) is 1.76. The van der Waals surface area contributed by atoms with Crippen LogP contribution in [0.4, 0.5) is 0 Å². The fourth-order valence-corrected chi connectivity index (χ4v) is 1.79. The molecule has 0 atom stereocenters.